The average molecular weight is 701 g/mol. The number of rotatable bonds is 8. The highest BCUT2D eigenvalue weighted by Gasteiger charge is 2.28. The highest BCUT2D eigenvalue weighted by Crippen LogP contribution is 2.46. The zero-order valence-corrected chi connectivity index (χ0v) is 30.6. The number of para-hydroxylation sites is 4. The van der Waals surface area contributed by atoms with Gasteiger partial charge in [0.25, 0.3) is 0 Å². The van der Waals surface area contributed by atoms with Gasteiger partial charge in [-0.3, -0.25) is 0 Å². The summed E-state index contributed by atoms with van der Waals surface area (Å²) in [5.41, 5.74) is 15.6. The predicted octanol–water partition coefficient (Wildman–Crippen LogP) is 12.8. The molecule has 0 saturated carbocycles. The molecule has 0 fully saturated rings. The molecule has 1 aliphatic heterocycles. The molecule has 262 valence electrons. The molecule has 1 aromatic heterocycles. The van der Waals surface area contributed by atoms with E-state index in [1.54, 1.807) is 0 Å². The number of hydrogen-bond acceptors (Lipinski definition) is 4. The van der Waals surface area contributed by atoms with Crippen LogP contribution in [0.25, 0.3) is 39.3 Å². The summed E-state index contributed by atoms with van der Waals surface area (Å²) < 4.78 is 8.78. The van der Waals surface area contributed by atoms with Gasteiger partial charge in [0.2, 0.25) is 0 Å². The Kier molecular flexibility index (Phi) is 8.52. The third-order valence-corrected chi connectivity index (χ3v) is 10.1. The molecular weight excluding hydrogens is 661 g/mol. The van der Waals surface area contributed by atoms with Crippen molar-refractivity contribution in [3.63, 3.8) is 0 Å². The molecule has 0 bridgehead atoms. The van der Waals surface area contributed by atoms with Crippen LogP contribution in [0.3, 0.4) is 0 Å². The smallest absolute Gasteiger partial charge is 0.129 e. The molecule has 0 unspecified atom stereocenters. The van der Waals surface area contributed by atoms with Crippen LogP contribution in [-0.4, -0.2) is 16.4 Å². The van der Waals surface area contributed by atoms with E-state index in [2.05, 4.69) is 193 Å². The van der Waals surface area contributed by atoms with Gasteiger partial charge in [0.1, 0.15) is 23.9 Å². The van der Waals surface area contributed by atoms with E-state index in [0.717, 1.165) is 62.3 Å². The van der Waals surface area contributed by atoms with Gasteiger partial charge < -0.3 is 14.5 Å². The Bertz CT molecular complexity index is 2570. The minimum Gasteiger partial charge on any atom is -0.457 e. The Labute approximate surface area is 317 Å². The first-order valence-electron chi connectivity index (χ1n) is 18.4. The van der Waals surface area contributed by atoms with Crippen molar-refractivity contribution in [3.05, 3.63) is 193 Å². The van der Waals surface area contributed by atoms with Crippen molar-refractivity contribution in [1.29, 1.82) is 0 Å². The molecule has 9 rings (SSSR count). The summed E-state index contributed by atoms with van der Waals surface area (Å²) in [6, 6.07) is 61.4. The van der Waals surface area contributed by atoms with Crippen molar-refractivity contribution < 1.29 is 4.74 Å². The van der Waals surface area contributed by atoms with Crippen molar-refractivity contribution in [2.75, 3.05) is 16.5 Å². The predicted molar refractivity (Wildman–Crippen MR) is 223 cm³/mol. The molecule has 5 nitrogen and oxygen atoms in total. The molecule has 1 aliphatic rings. The van der Waals surface area contributed by atoms with E-state index in [1.807, 2.05) is 18.2 Å². The molecule has 0 saturated heterocycles. The van der Waals surface area contributed by atoms with Crippen molar-refractivity contribution in [3.8, 4) is 50.8 Å². The monoisotopic (exact) mass is 700 g/mol. The van der Waals surface area contributed by atoms with E-state index in [1.165, 1.54) is 27.9 Å². The zero-order valence-electron chi connectivity index (χ0n) is 30.6. The first-order chi connectivity index (χ1) is 26.5. The first-order valence-corrected chi connectivity index (χ1v) is 18.4. The molecule has 0 spiro atoms. The lowest BCUT2D eigenvalue weighted by Gasteiger charge is -2.22. The largest absolute Gasteiger partial charge is 0.457 e. The fourth-order valence-corrected chi connectivity index (χ4v) is 7.87. The van der Waals surface area contributed by atoms with E-state index in [-0.39, 0.29) is 0 Å². The number of fused-ring (bicyclic) bond motifs is 1. The Morgan fingerprint density at radius 1 is 0.463 bits per heavy atom. The first kappa shape index (κ1) is 33.0. The summed E-state index contributed by atoms with van der Waals surface area (Å²) >= 11 is 0. The molecule has 0 atom stereocenters. The van der Waals surface area contributed by atoms with Crippen LogP contribution in [0.4, 0.5) is 22.7 Å². The van der Waals surface area contributed by atoms with Gasteiger partial charge in [-0.05, 0) is 98.1 Å². The Morgan fingerprint density at radius 2 is 0.981 bits per heavy atom. The zero-order chi connectivity index (χ0) is 36.6. The van der Waals surface area contributed by atoms with Gasteiger partial charge in [0.05, 0.1) is 22.8 Å². The molecule has 0 radical (unpaired) electrons. The summed E-state index contributed by atoms with van der Waals surface area (Å²) in [7, 11) is 0. The van der Waals surface area contributed by atoms with Gasteiger partial charge in [0, 0.05) is 34.1 Å². The minimum absolute atomic E-state index is 0.705. The number of anilines is 4. The number of aromatic nitrogens is 2. The molecule has 0 aliphatic carbocycles. The lowest BCUT2D eigenvalue weighted by molar-refractivity contribution is 0.483. The van der Waals surface area contributed by atoms with E-state index < -0.39 is 0 Å². The number of benzene rings is 7. The number of nitrogens with zero attached hydrogens (tertiary/aromatic N) is 4. The maximum atomic E-state index is 6.68. The number of hydrogen-bond donors (Lipinski definition) is 0. The van der Waals surface area contributed by atoms with Gasteiger partial charge in [-0.25, -0.2) is 4.68 Å². The Balaban J connectivity index is 1.13. The number of aryl methyl sites for hydroxylation is 3. The van der Waals surface area contributed by atoms with Crippen molar-refractivity contribution >= 4 is 22.7 Å². The van der Waals surface area contributed by atoms with Crippen LogP contribution in [-0.2, 0) is 0 Å². The van der Waals surface area contributed by atoms with Gasteiger partial charge >= 0.3 is 0 Å². The van der Waals surface area contributed by atoms with Gasteiger partial charge in [-0.2, -0.15) is 5.10 Å². The number of ether oxygens (including phenoxy) is 1. The second-order valence-electron chi connectivity index (χ2n) is 13.9. The highest BCUT2D eigenvalue weighted by atomic mass is 16.5. The molecular formula is C49H40N4O. The van der Waals surface area contributed by atoms with E-state index in [9.17, 15) is 0 Å². The third-order valence-electron chi connectivity index (χ3n) is 10.1. The van der Waals surface area contributed by atoms with E-state index >= 15 is 0 Å². The highest BCUT2D eigenvalue weighted by molar-refractivity contribution is 5.95. The van der Waals surface area contributed by atoms with Gasteiger partial charge in [-0.1, -0.05) is 115 Å². The van der Waals surface area contributed by atoms with Crippen molar-refractivity contribution in [2.24, 2.45) is 0 Å². The topological polar surface area (TPSA) is 33.5 Å². The molecule has 8 aromatic rings. The normalized spacial score (nSPS) is 12.2. The lowest BCUT2D eigenvalue weighted by Crippen LogP contribution is -2.23. The Hall–Kier alpha value is -6.85. The average Bonchev–Trinajstić information content (AvgIpc) is 3.79. The second-order valence-corrected chi connectivity index (χ2v) is 13.9. The van der Waals surface area contributed by atoms with Crippen molar-refractivity contribution in [1.82, 2.24) is 9.78 Å². The maximum Gasteiger partial charge on any atom is 0.129 e. The van der Waals surface area contributed by atoms with Gasteiger partial charge in [-0.15, -0.1) is 0 Å². The Morgan fingerprint density at radius 3 is 1.65 bits per heavy atom. The van der Waals surface area contributed by atoms with Crippen LogP contribution >= 0.6 is 0 Å². The van der Waals surface area contributed by atoms with E-state index in [0.29, 0.717) is 6.67 Å². The van der Waals surface area contributed by atoms with Crippen LogP contribution in [0, 0.1) is 20.8 Å². The maximum absolute atomic E-state index is 6.68. The second kappa shape index (κ2) is 13.9. The quantitative estimate of drug-likeness (QED) is 0.158. The molecule has 54 heavy (non-hydrogen) atoms. The minimum atomic E-state index is 0.705. The summed E-state index contributed by atoms with van der Waals surface area (Å²) in [6.45, 7) is 7.28. The van der Waals surface area contributed by atoms with E-state index in [4.69, 9.17) is 9.84 Å². The van der Waals surface area contributed by atoms with Crippen molar-refractivity contribution in [2.45, 2.75) is 20.8 Å². The standard InChI is InChI=1S/C49H40N4O/c1-34-29-35(2)46(36(3)30-34)47-48(50-53(40-22-11-6-12-23-40)49(47)37-17-7-4-8-18-37)38-19-15-25-42(31-38)54-43-26-16-24-41(32-43)52-33-51(39-20-9-5-10-21-39)44-27-13-14-28-45(44)52/h4-32H,33H2,1-3H3. The fraction of sp³-hybridized carbons (Fsp3) is 0.0816. The molecule has 7 aromatic carbocycles. The summed E-state index contributed by atoms with van der Waals surface area (Å²) in [5.74, 6) is 1.52. The lowest BCUT2D eigenvalue weighted by atomic mass is 9.89. The molecule has 0 N–H and O–H groups in total. The van der Waals surface area contributed by atoms with Crippen LogP contribution in [0.5, 0.6) is 11.5 Å². The fourth-order valence-electron chi connectivity index (χ4n) is 7.87. The van der Waals surface area contributed by atoms with Crippen LogP contribution < -0.4 is 14.5 Å². The van der Waals surface area contributed by atoms with Gasteiger partial charge in [0.15, 0.2) is 0 Å². The SMILES string of the molecule is Cc1cc(C)c(-c2c(-c3cccc(Oc4cccc(N5CN(c6ccccc6)c6ccccc65)c4)c3)nn(-c3ccccc3)c2-c2ccccc2)c(C)c1. The van der Waals surface area contributed by atoms with Crippen LogP contribution in [0.15, 0.2) is 176 Å². The summed E-state index contributed by atoms with van der Waals surface area (Å²) in [5, 5.41) is 5.43. The molecule has 5 heteroatoms. The third kappa shape index (κ3) is 6.10. The molecule has 2 heterocycles. The van der Waals surface area contributed by atoms with Crippen LogP contribution in [0.1, 0.15) is 16.7 Å². The summed E-state index contributed by atoms with van der Waals surface area (Å²) in [4.78, 5) is 4.69. The molecule has 0 amide bonds. The van der Waals surface area contributed by atoms with Crippen LogP contribution in [0.2, 0.25) is 0 Å². The summed E-state index contributed by atoms with van der Waals surface area (Å²) in [6.07, 6.45) is 0.